The molecule has 0 radical (unpaired) electrons. The van der Waals surface area contributed by atoms with E-state index in [2.05, 4.69) is 6.07 Å². The molecule has 3 nitrogen and oxygen atoms in total. The monoisotopic (exact) mass is 268 g/mol. The maximum Gasteiger partial charge on any atom is 0.258 e. The van der Waals surface area contributed by atoms with E-state index in [1.54, 1.807) is 4.90 Å². The maximum absolute atomic E-state index is 12.7. The molecule has 0 unspecified atom stereocenters. The zero-order valence-corrected chi connectivity index (χ0v) is 12.2. The van der Waals surface area contributed by atoms with Crippen molar-refractivity contribution in [3.63, 3.8) is 0 Å². The van der Waals surface area contributed by atoms with E-state index in [-0.39, 0.29) is 5.91 Å². The minimum atomic E-state index is 0.0177. The smallest absolute Gasteiger partial charge is 0.258 e. The van der Waals surface area contributed by atoms with Gasteiger partial charge in [-0.25, -0.2) is 0 Å². The quantitative estimate of drug-likeness (QED) is 0.865. The molecule has 0 saturated heterocycles. The van der Waals surface area contributed by atoms with Gasteiger partial charge in [-0.15, -0.1) is 0 Å². The molecule has 0 spiro atoms. The van der Waals surface area contributed by atoms with E-state index < -0.39 is 0 Å². The Morgan fingerprint density at radius 2 is 1.60 bits per heavy atom. The number of nitrogen functional groups attached to an aromatic ring is 1. The lowest BCUT2D eigenvalue weighted by molar-refractivity contribution is 0.0988. The standard InChI is InChI=1S/C17H20N2O/c1-4-19(16-7-5-15(18)6-8-16)17(20)14-10-12(2)9-13(3)11-14/h5-11H,4,18H2,1-3H3. The van der Waals surface area contributed by atoms with Crippen molar-refractivity contribution in [3.05, 3.63) is 59.2 Å². The fraction of sp³-hybridized carbons (Fsp3) is 0.235. The Morgan fingerprint density at radius 1 is 1.05 bits per heavy atom. The van der Waals surface area contributed by atoms with Crippen LogP contribution in [0.2, 0.25) is 0 Å². The third kappa shape index (κ3) is 2.99. The van der Waals surface area contributed by atoms with Gasteiger partial charge in [-0.1, -0.05) is 17.2 Å². The van der Waals surface area contributed by atoms with Crippen molar-refractivity contribution in [2.45, 2.75) is 20.8 Å². The molecular formula is C17H20N2O. The van der Waals surface area contributed by atoms with Gasteiger partial charge in [0.15, 0.2) is 0 Å². The summed E-state index contributed by atoms with van der Waals surface area (Å²) in [5, 5.41) is 0. The number of aryl methyl sites for hydroxylation is 2. The third-order valence-corrected chi connectivity index (χ3v) is 3.23. The predicted octanol–water partition coefficient (Wildman–Crippen LogP) is 3.55. The number of carbonyl (C=O) groups is 1. The molecule has 0 saturated carbocycles. The number of nitrogens with two attached hydrogens (primary N) is 1. The molecule has 0 aliphatic rings. The highest BCUT2D eigenvalue weighted by Gasteiger charge is 2.16. The van der Waals surface area contributed by atoms with Crippen molar-refractivity contribution < 1.29 is 4.79 Å². The predicted molar refractivity (Wildman–Crippen MR) is 84.1 cm³/mol. The minimum absolute atomic E-state index is 0.0177. The molecule has 2 rings (SSSR count). The summed E-state index contributed by atoms with van der Waals surface area (Å²) in [6, 6.07) is 13.3. The van der Waals surface area contributed by atoms with Crippen molar-refractivity contribution in [1.82, 2.24) is 0 Å². The zero-order valence-electron chi connectivity index (χ0n) is 12.2. The number of rotatable bonds is 3. The van der Waals surface area contributed by atoms with Crippen LogP contribution in [-0.4, -0.2) is 12.5 Å². The Morgan fingerprint density at radius 3 is 2.10 bits per heavy atom. The van der Waals surface area contributed by atoms with Gasteiger partial charge in [-0.05, 0) is 57.2 Å². The summed E-state index contributed by atoms with van der Waals surface area (Å²) in [5.74, 6) is 0.0177. The number of anilines is 2. The summed E-state index contributed by atoms with van der Waals surface area (Å²) in [6.07, 6.45) is 0. The van der Waals surface area contributed by atoms with Gasteiger partial charge in [-0.2, -0.15) is 0 Å². The van der Waals surface area contributed by atoms with Crippen LogP contribution >= 0.6 is 0 Å². The van der Waals surface area contributed by atoms with Crippen LogP contribution in [0.1, 0.15) is 28.4 Å². The van der Waals surface area contributed by atoms with E-state index in [0.29, 0.717) is 12.2 Å². The van der Waals surface area contributed by atoms with E-state index in [1.165, 1.54) is 0 Å². The largest absolute Gasteiger partial charge is 0.399 e. The topological polar surface area (TPSA) is 46.3 Å². The molecule has 0 aliphatic heterocycles. The molecule has 0 bridgehead atoms. The molecule has 2 aromatic carbocycles. The SMILES string of the molecule is CCN(C(=O)c1cc(C)cc(C)c1)c1ccc(N)cc1. The second-order valence-corrected chi connectivity index (χ2v) is 5.02. The van der Waals surface area contributed by atoms with E-state index in [0.717, 1.165) is 22.4 Å². The van der Waals surface area contributed by atoms with Crippen LogP contribution in [0.15, 0.2) is 42.5 Å². The van der Waals surface area contributed by atoms with Crippen LogP contribution in [0, 0.1) is 13.8 Å². The highest BCUT2D eigenvalue weighted by atomic mass is 16.2. The van der Waals surface area contributed by atoms with Gasteiger partial charge in [0.25, 0.3) is 5.91 Å². The van der Waals surface area contributed by atoms with Crippen molar-refractivity contribution in [1.29, 1.82) is 0 Å². The maximum atomic E-state index is 12.7. The Kier molecular flexibility index (Phi) is 4.08. The number of benzene rings is 2. The summed E-state index contributed by atoms with van der Waals surface area (Å²) in [4.78, 5) is 14.4. The van der Waals surface area contributed by atoms with E-state index >= 15 is 0 Å². The first kappa shape index (κ1) is 14.1. The Bertz CT molecular complexity index is 597. The van der Waals surface area contributed by atoms with Crippen LogP contribution in [0.25, 0.3) is 0 Å². The highest BCUT2D eigenvalue weighted by Crippen LogP contribution is 2.20. The van der Waals surface area contributed by atoms with Crippen LogP contribution in [0.5, 0.6) is 0 Å². The van der Waals surface area contributed by atoms with Gasteiger partial charge < -0.3 is 10.6 Å². The highest BCUT2D eigenvalue weighted by molar-refractivity contribution is 6.06. The molecule has 0 heterocycles. The summed E-state index contributed by atoms with van der Waals surface area (Å²) >= 11 is 0. The molecule has 0 aliphatic carbocycles. The van der Waals surface area contributed by atoms with Crippen molar-refractivity contribution >= 4 is 17.3 Å². The van der Waals surface area contributed by atoms with E-state index in [1.807, 2.05) is 57.2 Å². The number of carbonyl (C=O) groups excluding carboxylic acids is 1. The number of hydrogen-bond acceptors (Lipinski definition) is 2. The summed E-state index contributed by atoms with van der Waals surface area (Å²) in [7, 11) is 0. The Labute approximate surface area is 120 Å². The number of hydrogen-bond donors (Lipinski definition) is 1. The second-order valence-electron chi connectivity index (χ2n) is 5.02. The van der Waals surface area contributed by atoms with Crippen LogP contribution in [0.3, 0.4) is 0 Å². The van der Waals surface area contributed by atoms with Crippen molar-refractivity contribution in [2.75, 3.05) is 17.2 Å². The summed E-state index contributed by atoms with van der Waals surface area (Å²) in [6.45, 7) is 6.60. The Hall–Kier alpha value is -2.29. The molecule has 2 N–H and O–H groups in total. The zero-order chi connectivity index (χ0) is 14.7. The molecule has 104 valence electrons. The summed E-state index contributed by atoms with van der Waals surface area (Å²) in [5.41, 5.74) is 10.2. The molecule has 3 heteroatoms. The van der Waals surface area contributed by atoms with Gasteiger partial charge in [0.05, 0.1) is 0 Å². The van der Waals surface area contributed by atoms with Crippen LogP contribution < -0.4 is 10.6 Å². The average Bonchev–Trinajstić information content (AvgIpc) is 2.40. The molecule has 2 aromatic rings. The first-order chi connectivity index (χ1) is 9.51. The van der Waals surface area contributed by atoms with Gasteiger partial charge in [0.1, 0.15) is 0 Å². The van der Waals surface area contributed by atoms with Gasteiger partial charge in [0, 0.05) is 23.5 Å². The van der Waals surface area contributed by atoms with Gasteiger partial charge in [0.2, 0.25) is 0 Å². The second kappa shape index (κ2) is 5.78. The van der Waals surface area contributed by atoms with Crippen LogP contribution in [0.4, 0.5) is 11.4 Å². The fourth-order valence-corrected chi connectivity index (χ4v) is 2.35. The first-order valence-corrected chi connectivity index (χ1v) is 6.77. The molecule has 0 fully saturated rings. The lowest BCUT2D eigenvalue weighted by Gasteiger charge is -2.21. The van der Waals surface area contributed by atoms with Crippen molar-refractivity contribution in [3.8, 4) is 0 Å². The normalized spacial score (nSPS) is 10.3. The molecule has 1 amide bonds. The third-order valence-electron chi connectivity index (χ3n) is 3.23. The lowest BCUT2D eigenvalue weighted by atomic mass is 10.1. The molecule has 0 aromatic heterocycles. The number of nitrogens with zero attached hydrogens (tertiary/aromatic N) is 1. The Balaban J connectivity index is 2.36. The minimum Gasteiger partial charge on any atom is -0.399 e. The van der Waals surface area contributed by atoms with Gasteiger partial charge in [-0.3, -0.25) is 4.79 Å². The van der Waals surface area contributed by atoms with Crippen LogP contribution in [-0.2, 0) is 0 Å². The lowest BCUT2D eigenvalue weighted by Crippen LogP contribution is -2.30. The van der Waals surface area contributed by atoms with Crippen molar-refractivity contribution in [2.24, 2.45) is 0 Å². The fourth-order valence-electron chi connectivity index (χ4n) is 2.35. The number of amides is 1. The van der Waals surface area contributed by atoms with E-state index in [9.17, 15) is 4.79 Å². The first-order valence-electron chi connectivity index (χ1n) is 6.77. The van der Waals surface area contributed by atoms with Gasteiger partial charge >= 0.3 is 0 Å². The molecular weight excluding hydrogens is 248 g/mol. The molecule has 20 heavy (non-hydrogen) atoms. The molecule has 0 atom stereocenters. The average molecular weight is 268 g/mol. The van der Waals surface area contributed by atoms with E-state index in [4.69, 9.17) is 5.73 Å². The summed E-state index contributed by atoms with van der Waals surface area (Å²) < 4.78 is 0.